The lowest BCUT2D eigenvalue weighted by atomic mass is 10.1. The van der Waals surface area contributed by atoms with E-state index in [4.69, 9.17) is 11.6 Å². The highest BCUT2D eigenvalue weighted by atomic mass is 79.9. The largest absolute Gasteiger partial charge is 0.419 e. The number of aromatic nitrogens is 2. The van der Waals surface area contributed by atoms with Crippen LogP contribution in [0.4, 0.5) is 13.2 Å². The van der Waals surface area contributed by atoms with Gasteiger partial charge < -0.3 is 0 Å². The summed E-state index contributed by atoms with van der Waals surface area (Å²) < 4.78 is 37.7. The van der Waals surface area contributed by atoms with E-state index in [0.29, 0.717) is 6.42 Å². The highest BCUT2D eigenvalue weighted by molar-refractivity contribution is 9.09. The minimum Gasteiger partial charge on any atom is -0.226 e. The Bertz CT molecular complexity index is 368. The van der Waals surface area contributed by atoms with Crippen molar-refractivity contribution < 1.29 is 13.2 Å². The van der Waals surface area contributed by atoms with Gasteiger partial charge in [-0.15, -0.1) is 0 Å². The van der Waals surface area contributed by atoms with Gasteiger partial charge in [-0.2, -0.15) is 13.2 Å². The molecule has 1 atom stereocenters. The molecular weight excluding hydrogens is 308 g/mol. The number of hydrogen-bond donors (Lipinski definition) is 0. The van der Waals surface area contributed by atoms with Gasteiger partial charge in [0.2, 0.25) is 5.28 Å². The molecule has 0 saturated heterocycles. The average Bonchev–Trinajstić information content (AvgIpc) is 2.12. The molecule has 0 spiro atoms. The second-order valence-corrected chi connectivity index (χ2v) is 5.22. The molecule has 0 aliphatic rings. The van der Waals surface area contributed by atoms with Gasteiger partial charge in [-0.1, -0.05) is 22.9 Å². The van der Waals surface area contributed by atoms with E-state index in [9.17, 15) is 13.2 Å². The number of halogens is 5. The molecule has 1 unspecified atom stereocenters. The first-order chi connectivity index (χ1) is 7.30. The first-order valence-corrected chi connectivity index (χ1v) is 5.82. The van der Waals surface area contributed by atoms with Crippen LogP contribution in [0.3, 0.4) is 0 Å². The molecule has 0 bridgehead atoms. The van der Waals surface area contributed by atoms with Crippen molar-refractivity contribution in [1.82, 2.24) is 9.97 Å². The normalized spacial score (nSPS) is 13.9. The van der Waals surface area contributed by atoms with Crippen LogP contribution in [0.5, 0.6) is 0 Å². The van der Waals surface area contributed by atoms with Crippen LogP contribution in [0.2, 0.25) is 5.28 Å². The van der Waals surface area contributed by atoms with Gasteiger partial charge in [0.05, 0.1) is 11.3 Å². The smallest absolute Gasteiger partial charge is 0.226 e. The van der Waals surface area contributed by atoms with E-state index in [0.717, 1.165) is 6.20 Å². The molecule has 0 aliphatic heterocycles. The van der Waals surface area contributed by atoms with Crippen LogP contribution in [0.1, 0.15) is 24.6 Å². The van der Waals surface area contributed by atoms with Crippen LogP contribution in [-0.2, 0) is 12.6 Å². The molecule has 1 heterocycles. The Morgan fingerprint density at radius 1 is 1.50 bits per heavy atom. The monoisotopic (exact) mass is 316 g/mol. The lowest BCUT2D eigenvalue weighted by molar-refractivity contribution is -0.138. The summed E-state index contributed by atoms with van der Waals surface area (Å²) in [4.78, 5) is 7.11. The van der Waals surface area contributed by atoms with Crippen molar-refractivity contribution in [3.63, 3.8) is 0 Å². The minimum absolute atomic E-state index is 0.0567. The van der Waals surface area contributed by atoms with Crippen molar-refractivity contribution in [2.24, 2.45) is 0 Å². The summed E-state index contributed by atoms with van der Waals surface area (Å²) in [6, 6.07) is 0. The van der Waals surface area contributed by atoms with Gasteiger partial charge in [0, 0.05) is 11.0 Å². The van der Waals surface area contributed by atoms with E-state index >= 15 is 0 Å². The molecule has 2 nitrogen and oxygen atoms in total. The standard InChI is InChI=1S/C9H9BrClF3N2/c1-5(10)2-3-7-6(9(12,13)14)4-15-8(11)16-7/h4-5H,2-3H2,1H3. The second-order valence-electron chi connectivity index (χ2n) is 3.32. The number of rotatable bonds is 3. The Morgan fingerprint density at radius 2 is 2.12 bits per heavy atom. The summed E-state index contributed by atoms with van der Waals surface area (Å²) in [5, 5.41) is -0.162. The first kappa shape index (κ1) is 13.7. The molecule has 1 aromatic rings. The van der Waals surface area contributed by atoms with Crippen molar-refractivity contribution in [3.8, 4) is 0 Å². The lowest BCUT2D eigenvalue weighted by Gasteiger charge is -2.11. The topological polar surface area (TPSA) is 25.8 Å². The minimum atomic E-state index is -4.44. The van der Waals surface area contributed by atoms with E-state index in [-0.39, 0.29) is 22.2 Å². The van der Waals surface area contributed by atoms with Gasteiger partial charge in [-0.05, 0) is 24.4 Å². The van der Waals surface area contributed by atoms with Gasteiger partial charge in [0.1, 0.15) is 0 Å². The van der Waals surface area contributed by atoms with Crippen LogP contribution >= 0.6 is 27.5 Å². The highest BCUT2D eigenvalue weighted by Crippen LogP contribution is 2.31. The Morgan fingerprint density at radius 3 is 2.62 bits per heavy atom. The second kappa shape index (κ2) is 5.31. The van der Waals surface area contributed by atoms with E-state index in [1.54, 1.807) is 0 Å². The fraction of sp³-hybridized carbons (Fsp3) is 0.556. The van der Waals surface area contributed by atoms with E-state index in [1.807, 2.05) is 6.92 Å². The fourth-order valence-corrected chi connectivity index (χ4v) is 1.54. The molecule has 90 valence electrons. The Labute approximate surface area is 104 Å². The molecule has 0 amide bonds. The zero-order valence-electron chi connectivity index (χ0n) is 8.35. The van der Waals surface area contributed by atoms with Crippen LogP contribution < -0.4 is 0 Å². The fourth-order valence-electron chi connectivity index (χ4n) is 1.16. The number of aryl methyl sites for hydroxylation is 1. The summed E-state index contributed by atoms with van der Waals surface area (Å²) in [6.07, 6.45) is -2.95. The number of alkyl halides is 4. The van der Waals surface area contributed by atoms with Crippen LogP contribution in [0.15, 0.2) is 6.20 Å². The van der Waals surface area contributed by atoms with Crippen molar-refractivity contribution >= 4 is 27.5 Å². The van der Waals surface area contributed by atoms with Crippen molar-refractivity contribution in [3.05, 3.63) is 22.7 Å². The maximum absolute atomic E-state index is 12.6. The molecule has 1 aromatic heterocycles. The maximum atomic E-state index is 12.6. The van der Waals surface area contributed by atoms with Gasteiger partial charge >= 0.3 is 6.18 Å². The summed E-state index contributed by atoms with van der Waals surface area (Å²) in [6.45, 7) is 1.86. The zero-order valence-corrected chi connectivity index (χ0v) is 10.7. The summed E-state index contributed by atoms with van der Waals surface area (Å²) in [5.74, 6) is 0. The molecule has 0 aromatic carbocycles. The van der Waals surface area contributed by atoms with E-state index in [1.165, 1.54) is 0 Å². The predicted octanol–water partition coefficient (Wildman–Crippen LogP) is 3.86. The lowest BCUT2D eigenvalue weighted by Crippen LogP contribution is -2.12. The van der Waals surface area contributed by atoms with Crippen molar-refractivity contribution in [1.29, 1.82) is 0 Å². The van der Waals surface area contributed by atoms with E-state index < -0.39 is 11.7 Å². The van der Waals surface area contributed by atoms with Gasteiger partial charge in [0.15, 0.2) is 0 Å². The third-order valence-electron chi connectivity index (χ3n) is 1.92. The van der Waals surface area contributed by atoms with Crippen molar-refractivity contribution in [2.45, 2.75) is 30.8 Å². The summed E-state index contributed by atoms with van der Waals surface area (Å²) in [5.41, 5.74) is -0.871. The van der Waals surface area contributed by atoms with E-state index in [2.05, 4.69) is 25.9 Å². The molecule has 0 N–H and O–H groups in total. The molecule has 1 rings (SSSR count). The Hall–Kier alpha value is -0.360. The zero-order chi connectivity index (χ0) is 12.3. The molecular formula is C9H9BrClF3N2. The summed E-state index contributed by atoms with van der Waals surface area (Å²) in [7, 11) is 0. The quantitative estimate of drug-likeness (QED) is 0.625. The average molecular weight is 318 g/mol. The first-order valence-electron chi connectivity index (χ1n) is 4.53. The van der Waals surface area contributed by atoms with Gasteiger partial charge in [0.25, 0.3) is 0 Å². The summed E-state index contributed by atoms with van der Waals surface area (Å²) >= 11 is 8.75. The third-order valence-corrected chi connectivity index (χ3v) is 2.56. The van der Waals surface area contributed by atoms with Crippen LogP contribution in [0.25, 0.3) is 0 Å². The van der Waals surface area contributed by atoms with Crippen LogP contribution in [-0.4, -0.2) is 14.8 Å². The number of hydrogen-bond acceptors (Lipinski definition) is 2. The molecule has 0 saturated carbocycles. The number of nitrogens with zero attached hydrogens (tertiary/aromatic N) is 2. The SMILES string of the molecule is CC(Br)CCc1nc(Cl)ncc1C(F)(F)F. The van der Waals surface area contributed by atoms with Crippen LogP contribution in [0, 0.1) is 0 Å². The highest BCUT2D eigenvalue weighted by Gasteiger charge is 2.34. The molecule has 0 aliphatic carbocycles. The molecule has 7 heteroatoms. The van der Waals surface area contributed by atoms with Gasteiger partial charge in [-0.3, -0.25) is 0 Å². The van der Waals surface area contributed by atoms with Crippen molar-refractivity contribution in [2.75, 3.05) is 0 Å². The Kier molecular flexibility index (Phi) is 4.55. The Balaban J connectivity index is 2.99. The third kappa shape index (κ3) is 3.90. The maximum Gasteiger partial charge on any atom is 0.419 e. The van der Waals surface area contributed by atoms with Gasteiger partial charge in [-0.25, -0.2) is 9.97 Å². The molecule has 0 fully saturated rings. The molecule has 0 radical (unpaired) electrons. The predicted molar refractivity (Wildman–Crippen MR) is 58.8 cm³/mol. The molecule has 16 heavy (non-hydrogen) atoms.